The van der Waals surface area contributed by atoms with Gasteiger partial charge in [0.25, 0.3) is 0 Å². The van der Waals surface area contributed by atoms with Crippen LogP contribution in [0.15, 0.2) is 47.6 Å². The number of likely N-dealkylation sites (N-methyl/N-ethyl adjacent to an activating group) is 1. The van der Waals surface area contributed by atoms with Crippen LogP contribution in [-0.2, 0) is 26.1 Å². The second-order valence-corrected chi connectivity index (χ2v) is 11.5. The van der Waals surface area contributed by atoms with Gasteiger partial charge in [0.2, 0.25) is 0 Å². The molecule has 3 rings (SSSR count). The largest absolute Gasteiger partial charge is 0.301 e. The van der Waals surface area contributed by atoms with E-state index in [0.717, 1.165) is 11.6 Å². The monoisotopic (exact) mass is 426 g/mol. The van der Waals surface area contributed by atoms with Crippen LogP contribution in [0.25, 0.3) is 0 Å². The summed E-state index contributed by atoms with van der Waals surface area (Å²) in [6.45, 7) is 2.15. The molecule has 2 aromatic rings. The van der Waals surface area contributed by atoms with E-state index in [0.29, 0.717) is 18.5 Å². The van der Waals surface area contributed by atoms with Gasteiger partial charge in [0.15, 0.2) is 19.7 Å². The maximum atomic E-state index is 14.3. The molecule has 1 aromatic heterocycles. The highest BCUT2D eigenvalue weighted by atomic mass is 32.2. The van der Waals surface area contributed by atoms with Crippen LogP contribution in [0, 0.1) is 12.7 Å². The third-order valence-electron chi connectivity index (χ3n) is 5.13. The molecule has 1 aliphatic rings. The fourth-order valence-electron chi connectivity index (χ4n) is 3.52. The van der Waals surface area contributed by atoms with Gasteiger partial charge in [0.05, 0.1) is 16.8 Å². The number of hydrogen-bond acceptors (Lipinski definition) is 6. The smallest absolute Gasteiger partial charge is 0.186 e. The molecular formula is C19H23FN2O4S2. The molecule has 0 radical (unpaired) electrons. The molecule has 0 unspecified atom stereocenters. The van der Waals surface area contributed by atoms with Crippen molar-refractivity contribution < 1.29 is 21.2 Å². The zero-order chi connectivity index (χ0) is 20.5. The predicted octanol–water partition coefficient (Wildman–Crippen LogP) is 1.64. The second kappa shape index (κ2) is 7.88. The van der Waals surface area contributed by atoms with Gasteiger partial charge in [0, 0.05) is 25.0 Å². The molecule has 0 bridgehead atoms. The van der Waals surface area contributed by atoms with Crippen molar-refractivity contribution in [3.8, 4) is 0 Å². The number of aromatic nitrogens is 1. The molecule has 2 atom stereocenters. The number of sulfone groups is 2. The van der Waals surface area contributed by atoms with Gasteiger partial charge in [-0.3, -0.25) is 4.98 Å². The zero-order valence-electron chi connectivity index (χ0n) is 15.7. The Kier molecular flexibility index (Phi) is 5.88. The number of aryl methyl sites for hydroxylation is 1. The highest BCUT2D eigenvalue weighted by Gasteiger charge is 2.48. The second-order valence-electron chi connectivity index (χ2n) is 7.25. The minimum absolute atomic E-state index is 0.253. The first-order valence-electron chi connectivity index (χ1n) is 8.90. The van der Waals surface area contributed by atoms with E-state index in [1.54, 1.807) is 31.3 Å². The molecule has 2 heterocycles. The molecule has 0 amide bonds. The van der Waals surface area contributed by atoms with Crippen molar-refractivity contribution in [1.82, 2.24) is 9.88 Å². The van der Waals surface area contributed by atoms with Crippen LogP contribution in [0.3, 0.4) is 0 Å². The van der Waals surface area contributed by atoms with E-state index < -0.39 is 47.4 Å². The molecule has 1 fully saturated rings. The van der Waals surface area contributed by atoms with E-state index in [4.69, 9.17) is 0 Å². The Bertz CT molecular complexity index is 1060. The van der Waals surface area contributed by atoms with Gasteiger partial charge in [-0.1, -0.05) is 6.07 Å². The van der Waals surface area contributed by atoms with Gasteiger partial charge in [-0.2, -0.15) is 0 Å². The van der Waals surface area contributed by atoms with Gasteiger partial charge in [0.1, 0.15) is 10.7 Å². The first-order valence-corrected chi connectivity index (χ1v) is 12.3. The van der Waals surface area contributed by atoms with Crippen LogP contribution in [0.1, 0.15) is 11.1 Å². The summed E-state index contributed by atoms with van der Waals surface area (Å²) in [6, 6.07) is 6.84. The maximum Gasteiger partial charge on any atom is 0.186 e. The van der Waals surface area contributed by atoms with E-state index in [9.17, 15) is 21.2 Å². The minimum Gasteiger partial charge on any atom is -0.301 e. The average molecular weight is 427 g/mol. The van der Waals surface area contributed by atoms with Crippen LogP contribution < -0.4 is 0 Å². The summed E-state index contributed by atoms with van der Waals surface area (Å²) < 4.78 is 65.1. The summed E-state index contributed by atoms with van der Waals surface area (Å²) in [6.07, 6.45) is 3.97. The Morgan fingerprint density at radius 2 is 1.86 bits per heavy atom. The van der Waals surface area contributed by atoms with Crippen molar-refractivity contribution in [2.45, 2.75) is 29.5 Å². The molecule has 6 nitrogen and oxygen atoms in total. The number of pyridine rings is 1. The first-order chi connectivity index (χ1) is 13.1. The Labute approximate surface area is 165 Å². The fourth-order valence-corrected chi connectivity index (χ4v) is 8.58. The topological polar surface area (TPSA) is 84.4 Å². The average Bonchev–Trinajstić information content (AvgIpc) is 2.99. The van der Waals surface area contributed by atoms with E-state index >= 15 is 0 Å². The molecule has 28 heavy (non-hydrogen) atoms. The first kappa shape index (κ1) is 20.9. The summed E-state index contributed by atoms with van der Waals surface area (Å²) in [7, 11) is -5.98. The lowest BCUT2D eigenvalue weighted by Gasteiger charge is -2.28. The number of rotatable bonds is 6. The van der Waals surface area contributed by atoms with Crippen molar-refractivity contribution in [1.29, 1.82) is 0 Å². The summed E-state index contributed by atoms with van der Waals surface area (Å²) >= 11 is 0. The van der Waals surface area contributed by atoms with Crippen molar-refractivity contribution in [3.05, 3.63) is 59.7 Å². The van der Waals surface area contributed by atoms with Gasteiger partial charge in [-0.25, -0.2) is 21.2 Å². The Morgan fingerprint density at radius 3 is 2.54 bits per heavy atom. The van der Waals surface area contributed by atoms with Crippen LogP contribution in [0.5, 0.6) is 0 Å². The van der Waals surface area contributed by atoms with E-state index in [-0.39, 0.29) is 5.75 Å². The number of nitrogens with zero attached hydrogens (tertiary/aromatic N) is 2. The number of halogens is 1. The quantitative estimate of drug-likeness (QED) is 0.698. The molecule has 0 N–H and O–H groups in total. The Balaban J connectivity index is 1.88. The van der Waals surface area contributed by atoms with Crippen molar-refractivity contribution in [2.24, 2.45) is 0 Å². The molecule has 0 spiro atoms. The van der Waals surface area contributed by atoms with Crippen LogP contribution >= 0.6 is 0 Å². The highest BCUT2D eigenvalue weighted by Crippen LogP contribution is 2.30. The Morgan fingerprint density at radius 1 is 1.18 bits per heavy atom. The third-order valence-corrected chi connectivity index (χ3v) is 9.26. The molecule has 1 aliphatic heterocycles. The van der Waals surface area contributed by atoms with Crippen LogP contribution in [-0.4, -0.2) is 63.1 Å². The molecular weight excluding hydrogens is 403 g/mol. The van der Waals surface area contributed by atoms with Crippen molar-refractivity contribution in [3.63, 3.8) is 0 Å². The SMILES string of the molecule is Cc1ccc(F)c(S(=O)(=O)[C@H]2CS(=O)(=O)C[C@@H]2N(C)CCc2ccncc2)c1. The highest BCUT2D eigenvalue weighted by molar-refractivity contribution is 7.96. The molecule has 9 heteroatoms. The molecule has 1 saturated heterocycles. The summed E-state index contributed by atoms with van der Waals surface area (Å²) in [5.74, 6) is -1.60. The normalized spacial score (nSPS) is 21.9. The van der Waals surface area contributed by atoms with Crippen molar-refractivity contribution >= 4 is 19.7 Å². The molecule has 1 aromatic carbocycles. The van der Waals surface area contributed by atoms with Gasteiger partial charge >= 0.3 is 0 Å². The van der Waals surface area contributed by atoms with E-state index in [1.165, 1.54) is 12.1 Å². The lowest BCUT2D eigenvalue weighted by molar-refractivity contribution is 0.266. The van der Waals surface area contributed by atoms with E-state index in [2.05, 4.69) is 4.98 Å². The molecule has 152 valence electrons. The van der Waals surface area contributed by atoms with Crippen LogP contribution in [0.4, 0.5) is 4.39 Å². The van der Waals surface area contributed by atoms with Crippen LogP contribution in [0.2, 0.25) is 0 Å². The number of benzene rings is 1. The summed E-state index contributed by atoms with van der Waals surface area (Å²) in [4.78, 5) is 5.28. The lowest BCUT2D eigenvalue weighted by atomic mass is 10.1. The maximum absolute atomic E-state index is 14.3. The third kappa shape index (κ3) is 4.42. The predicted molar refractivity (Wildman–Crippen MR) is 105 cm³/mol. The van der Waals surface area contributed by atoms with Gasteiger partial charge in [-0.15, -0.1) is 0 Å². The summed E-state index contributed by atoms with van der Waals surface area (Å²) in [5, 5.41) is -1.20. The molecule has 0 saturated carbocycles. The fraction of sp³-hybridized carbons (Fsp3) is 0.421. The van der Waals surface area contributed by atoms with Crippen molar-refractivity contribution in [2.75, 3.05) is 25.1 Å². The Hall–Kier alpha value is -1.84. The standard InChI is InChI=1S/C19H23FN2O4S2/c1-14-3-4-16(20)18(11-14)28(25,26)19-13-27(23,24)12-17(19)22(2)10-7-15-5-8-21-9-6-15/h3-6,8-9,11,17,19H,7,10,12-13H2,1-2H3/t17-,19-/m0/s1. The molecule has 0 aliphatic carbocycles. The number of hydrogen-bond donors (Lipinski definition) is 0. The summed E-state index contributed by atoms with van der Waals surface area (Å²) in [5.41, 5.74) is 1.62. The minimum atomic E-state index is -4.15. The van der Waals surface area contributed by atoms with Gasteiger partial charge in [-0.05, 0) is 55.8 Å². The van der Waals surface area contributed by atoms with Gasteiger partial charge < -0.3 is 4.90 Å². The van der Waals surface area contributed by atoms with E-state index in [1.807, 2.05) is 12.1 Å². The zero-order valence-corrected chi connectivity index (χ0v) is 17.4. The lowest BCUT2D eigenvalue weighted by Crippen LogP contribution is -2.45.